The first kappa shape index (κ1) is 18.7. The van der Waals surface area contributed by atoms with Gasteiger partial charge in [-0.1, -0.05) is 29.8 Å². The molecule has 0 amide bonds. The molecule has 0 atom stereocenters. The standard InChI is InChI=1S/C17H14ClF3N6/c1-27(11-5-3-2-4-6-11)16-13(22)15(24-9-25-16)26-14-12(18)7-10(8-23-14)17(19,20)21/h2-9H,22H2,1H3,(H,23,24,25,26). The molecule has 10 heteroatoms. The van der Waals surface area contributed by atoms with Crippen molar-refractivity contribution in [2.45, 2.75) is 6.18 Å². The van der Waals surface area contributed by atoms with Crippen molar-refractivity contribution in [1.29, 1.82) is 0 Å². The molecule has 2 heterocycles. The van der Waals surface area contributed by atoms with Crippen molar-refractivity contribution in [3.63, 3.8) is 0 Å². The molecule has 140 valence electrons. The summed E-state index contributed by atoms with van der Waals surface area (Å²) < 4.78 is 38.2. The quantitative estimate of drug-likeness (QED) is 0.671. The highest BCUT2D eigenvalue weighted by atomic mass is 35.5. The summed E-state index contributed by atoms with van der Waals surface area (Å²) in [5.74, 6) is 0.599. The van der Waals surface area contributed by atoms with E-state index in [2.05, 4.69) is 20.3 Å². The Balaban J connectivity index is 1.91. The molecule has 1 aromatic carbocycles. The van der Waals surface area contributed by atoms with Gasteiger partial charge in [0.1, 0.15) is 17.8 Å². The largest absolute Gasteiger partial charge is 0.417 e. The second-order valence-electron chi connectivity index (χ2n) is 5.53. The van der Waals surface area contributed by atoms with Gasteiger partial charge in [-0.25, -0.2) is 15.0 Å². The van der Waals surface area contributed by atoms with E-state index in [0.29, 0.717) is 12.0 Å². The Labute approximate surface area is 157 Å². The summed E-state index contributed by atoms with van der Waals surface area (Å²) in [5, 5.41) is 2.55. The Morgan fingerprint density at radius 1 is 1.07 bits per heavy atom. The summed E-state index contributed by atoms with van der Waals surface area (Å²) >= 11 is 5.92. The van der Waals surface area contributed by atoms with Gasteiger partial charge in [0.15, 0.2) is 11.6 Å². The molecular weight excluding hydrogens is 381 g/mol. The molecule has 3 aromatic rings. The smallest absolute Gasteiger partial charge is 0.393 e. The molecule has 3 N–H and O–H groups in total. The molecule has 2 aromatic heterocycles. The lowest BCUT2D eigenvalue weighted by Gasteiger charge is -2.21. The fourth-order valence-corrected chi connectivity index (χ4v) is 2.54. The van der Waals surface area contributed by atoms with Crippen molar-refractivity contribution >= 4 is 40.4 Å². The maximum Gasteiger partial charge on any atom is 0.417 e. The molecule has 0 radical (unpaired) electrons. The van der Waals surface area contributed by atoms with E-state index in [4.69, 9.17) is 17.3 Å². The molecule has 0 aliphatic carbocycles. The van der Waals surface area contributed by atoms with Crippen LogP contribution >= 0.6 is 11.6 Å². The summed E-state index contributed by atoms with van der Waals surface area (Å²) in [6.45, 7) is 0. The summed E-state index contributed by atoms with van der Waals surface area (Å²) in [6.07, 6.45) is -2.57. The lowest BCUT2D eigenvalue weighted by Crippen LogP contribution is -2.15. The third-order valence-corrected chi connectivity index (χ3v) is 4.02. The van der Waals surface area contributed by atoms with Crippen molar-refractivity contribution < 1.29 is 13.2 Å². The van der Waals surface area contributed by atoms with Crippen LogP contribution < -0.4 is 16.0 Å². The number of anilines is 5. The SMILES string of the molecule is CN(c1ccccc1)c1ncnc(Nc2ncc(C(F)(F)F)cc2Cl)c1N. The summed E-state index contributed by atoms with van der Waals surface area (Å²) in [5.41, 5.74) is 6.24. The Hall–Kier alpha value is -3.07. The minimum Gasteiger partial charge on any atom is -0.393 e. The number of rotatable bonds is 4. The summed E-state index contributed by atoms with van der Waals surface area (Å²) in [6, 6.07) is 10.2. The normalized spacial score (nSPS) is 11.3. The predicted octanol–water partition coefficient (Wildman–Crippen LogP) is 4.64. The van der Waals surface area contributed by atoms with E-state index in [0.717, 1.165) is 11.8 Å². The van der Waals surface area contributed by atoms with Crippen LogP contribution in [0, 0.1) is 0 Å². The van der Waals surface area contributed by atoms with Crippen molar-refractivity contribution in [2.75, 3.05) is 23.0 Å². The highest BCUT2D eigenvalue weighted by molar-refractivity contribution is 6.33. The van der Waals surface area contributed by atoms with Crippen LogP contribution in [-0.4, -0.2) is 22.0 Å². The fourth-order valence-electron chi connectivity index (χ4n) is 2.32. The topological polar surface area (TPSA) is 80.0 Å². The summed E-state index contributed by atoms with van der Waals surface area (Å²) in [4.78, 5) is 13.7. The summed E-state index contributed by atoms with van der Waals surface area (Å²) in [7, 11) is 1.78. The number of aromatic nitrogens is 3. The monoisotopic (exact) mass is 394 g/mol. The molecule has 0 unspecified atom stereocenters. The molecule has 3 rings (SSSR count). The van der Waals surface area contributed by atoms with E-state index in [1.54, 1.807) is 11.9 Å². The minimum absolute atomic E-state index is 0.00313. The van der Waals surface area contributed by atoms with Crippen LogP contribution in [0.15, 0.2) is 48.9 Å². The zero-order valence-electron chi connectivity index (χ0n) is 14.0. The highest BCUT2D eigenvalue weighted by Crippen LogP contribution is 2.35. The van der Waals surface area contributed by atoms with E-state index in [9.17, 15) is 13.2 Å². The van der Waals surface area contributed by atoms with Crippen LogP contribution in [0.1, 0.15) is 5.56 Å². The van der Waals surface area contributed by atoms with Crippen LogP contribution in [0.4, 0.5) is 42.0 Å². The molecule has 6 nitrogen and oxygen atoms in total. The van der Waals surface area contributed by atoms with Gasteiger partial charge in [-0.2, -0.15) is 13.2 Å². The van der Waals surface area contributed by atoms with Crippen molar-refractivity contribution in [3.8, 4) is 0 Å². The number of hydrogen-bond donors (Lipinski definition) is 2. The van der Waals surface area contributed by atoms with Crippen LogP contribution in [0.25, 0.3) is 0 Å². The van der Waals surface area contributed by atoms with Gasteiger partial charge in [0, 0.05) is 18.9 Å². The van der Waals surface area contributed by atoms with E-state index in [1.807, 2.05) is 30.3 Å². The van der Waals surface area contributed by atoms with Gasteiger partial charge in [0.2, 0.25) is 0 Å². The zero-order chi connectivity index (χ0) is 19.6. The van der Waals surface area contributed by atoms with E-state index in [1.165, 1.54) is 6.33 Å². The zero-order valence-corrected chi connectivity index (χ0v) is 14.8. The number of nitrogens with two attached hydrogens (primary N) is 1. The maximum absolute atomic E-state index is 12.7. The Kier molecular flexibility index (Phi) is 5.04. The van der Waals surface area contributed by atoms with Crippen LogP contribution in [0.5, 0.6) is 0 Å². The third-order valence-electron chi connectivity index (χ3n) is 3.73. The number of alkyl halides is 3. The first-order chi connectivity index (χ1) is 12.8. The van der Waals surface area contributed by atoms with Crippen molar-refractivity contribution in [3.05, 3.63) is 59.5 Å². The molecular formula is C17H14ClF3N6. The van der Waals surface area contributed by atoms with E-state index >= 15 is 0 Å². The number of nitrogens with zero attached hydrogens (tertiary/aromatic N) is 4. The van der Waals surface area contributed by atoms with Gasteiger partial charge in [-0.15, -0.1) is 0 Å². The second-order valence-corrected chi connectivity index (χ2v) is 5.94. The molecule has 0 saturated heterocycles. The van der Waals surface area contributed by atoms with Gasteiger partial charge in [0.25, 0.3) is 0 Å². The molecule has 0 spiro atoms. The molecule has 27 heavy (non-hydrogen) atoms. The van der Waals surface area contributed by atoms with Crippen LogP contribution in [0.2, 0.25) is 5.02 Å². The molecule has 0 bridgehead atoms. The van der Waals surface area contributed by atoms with E-state index < -0.39 is 11.7 Å². The number of nitrogens with one attached hydrogen (secondary N) is 1. The molecule has 0 fully saturated rings. The Morgan fingerprint density at radius 2 is 1.78 bits per heavy atom. The number of pyridine rings is 1. The van der Waals surface area contributed by atoms with Gasteiger partial charge in [0.05, 0.1) is 10.6 Å². The van der Waals surface area contributed by atoms with Crippen molar-refractivity contribution in [2.24, 2.45) is 0 Å². The number of para-hydroxylation sites is 1. The second kappa shape index (κ2) is 7.28. The first-order valence-corrected chi connectivity index (χ1v) is 8.04. The fraction of sp³-hybridized carbons (Fsp3) is 0.118. The predicted molar refractivity (Wildman–Crippen MR) is 98.5 cm³/mol. The molecule has 0 aliphatic rings. The number of hydrogen-bond acceptors (Lipinski definition) is 6. The first-order valence-electron chi connectivity index (χ1n) is 7.66. The Bertz CT molecular complexity index is 949. The highest BCUT2D eigenvalue weighted by Gasteiger charge is 2.31. The van der Waals surface area contributed by atoms with Gasteiger partial charge in [-0.3, -0.25) is 0 Å². The van der Waals surface area contributed by atoms with Gasteiger partial charge >= 0.3 is 6.18 Å². The van der Waals surface area contributed by atoms with Gasteiger partial charge in [-0.05, 0) is 18.2 Å². The third kappa shape index (κ3) is 4.03. The maximum atomic E-state index is 12.7. The number of benzene rings is 1. The Morgan fingerprint density at radius 3 is 2.41 bits per heavy atom. The minimum atomic E-state index is -4.53. The van der Waals surface area contributed by atoms with Crippen LogP contribution in [0.3, 0.4) is 0 Å². The molecule has 0 aliphatic heterocycles. The lowest BCUT2D eigenvalue weighted by atomic mass is 10.2. The number of halogens is 4. The van der Waals surface area contributed by atoms with E-state index in [-0.39, 0.29) is 22.3 Å². The average Bonchev–Trinajstić information content (AvgIpc) is 2.64. The lowest BCUT2D eigenvalue weighted by molar-refractivity contribution is -0.137. The molecule has 0 saturated carbocycles. The van der Waals surface area contributed by atoms with Gasteiger partial charge < -0.3 is 16.0 Å². The average molecular weight is 395 g/mol. The number of nitrogen functional groups attached to an aromatic ring is 1. The van der Waals surface area contributed by atoms with Crippen LogP contribution in [-0.2, 0) is 6.18 Å². The van der Waals surface area contributed by atoms with Crippen molar-refractivity contribution in [1.82, 2.24) is 15.0 Å².